The molecule has 0 aromatic carbocycles. The van der Waals surface area contributed by atoms with Gasteiger partial charge in [-0.2, -0.15) is 0 Å². The molecule has 37 heavy (non-hydrogen) atoms. The van der Waals surface area contributed by atoms with Gasteiger partial charge in [0, 0.05) is 12.8 Å². The van der Waals surface area contributed by atoms with Gasteiger partial charge in [0.1, 0.15) is 23.3 Å². The smallest absolute Gasteiger partial charge is 0.411 e. The molecule has 0 aliphatic carbocycles. The molecular formula is C24H43N2O10P. The fourth-order valence-electron chi connectivity index (χ4n) is 3.25. The molecule has 2 rings (SSSR count). The summed E-state index contributed by atoms with van der Waals surface area (Å²) in [5, 5.41) is 9.50. The largest absolute Gasteiger partial charge is 0.467 e. The van der Waals surface area contributed by atoms with Crippen LogP contribution >= 0.6 is 8.58 Å². The number of ketones is 1. The minimum atomic E-state index is -0.859. The minimum absolute atomic E-state index is 0.00802. The van der Waals surface area contributed by atoms with Crippen LogP contribution in [-0.4, -0.2) is 115 Å². The van der Waals surface area contributed by atoms with Crippen molar-refractivity contribution in [3.05, 3.63) is 0 Å². The molecule has 0 spiro atoms. The number of hydrogen-bond acceptors (Lipinski definition) is 10. The summed E-state index contributed by atoms with van der Waals surface area (Å²) in [6, 6.07) is -1.62. The predicted molar refractivity (Wildman–Crippen MR) is 138 cm³/mol. The number of esters is 2. The van der Waals surface area contributed by atoms with Gasteiger partial charge >= 0.3 is 24.1 Å². The summed E-state index contributed by atoms with van der Waals surface area (Å²) in [5.74, 6) is -1.31. The zero-order chi connectivity index (χ0) is 29.1. The van der Waals surface area contributed by atoms with Crippen LogP contribution in [0.25, 0.3) is 0 Å². The molecule has 2 saturated heterocycles. The van der Waals surface area contributed by atoms with Crippen molar-refractivity contribution in [1.82, 2.24) is 9.80 Å². The Morgan fingerprint density at radius 3 is 1.65 bits per heavy atom. The minimum Gasteiger partial charge on any atom is -0.467 e. The summed E-state index contributed by atoms with van der Waals surface area (Å²) in [5.41, 5.74) is -1.30. The molecule has 3 atom stereocenters. The van der Waals surface area contributed by atoms with E-state index < -0.39 is 53.5 Å². The monoisotopic (exact) mass is 550 g/mol. The Bertz CT molecular complexity index is 806. The summed E-state index contributed by atoms with van der Waals surface area (Å²) < 4.78 is 19.4. The third-order valence-electron chi connectivity index (χ3n) is 4.63. The van der Waals surface area contributed by atoms with E-state index in [2.05, 4.69) is 22.8 Å². The molecule has 12 nitrogen and oxygen atoms in total. The number of Topliss-reactive ketones (excluding diaryl/α,β-unsaturated/α-hetero) is 1. The number of hydrogen-bond donors (Lipinski definition) is 1. The average Bonchev–Trinajstić information content (AvgIpc) is 3.34. The third kappa shape index (κ3) is 12.6. The predicted octanol–water partition coefficient (Wildman–Crippen LogP) is 2.19. The first-order chi connectivity index (χ1) is 16.9. The van der Waals surface area contributed by atoms with E-state index in [0.29, 0.717) is 0 Å². The number of rotatable bonds is 2. The van der Waals surface area contributed by atoms with E-state index in [4.69, 9.17) is 9.47 Å². The maximum Gasteiger partial charge on any atom is 0.411 e. The van der Waals surface area contributed by atoms with Crippen molar-refractivity contribution < 1.29 is 48.0 Å². The fourth-order valence-corrected chi connectivity index (χ4v) is 3.25. The van der Waals surface area contributed by atoms with E-state index in [1.54, 1.807) is 41.5 Å². The van der Waals surface area contributed by atoms with Crippen LogP contribution in [0.2, 0.25) is 0 Å². The van der Waals surface area contributed by atoms with Crippen molar-refractivity contribution in [3.8, 4) is 0 Å². The highest BCUT2D eigenvalue weighted by Crippen LogP contribution is 2.22. The van der Waals surface area contributed by atoms with Gasteiger partial charge in [-0.3, -0.25) is 14.6 Å². The molecule has 0 bridgehead atoms. The van der Waals surface area contributed by atoms with E-state index >= 15 is 0 Å². The third-order valence-corrected chi connectivity index (χ3v) is 4.63. The van der Waals surface area contributed by atoms with Gasteiger partial charge in [-0.1, -0.05) is 0 Å². The molecule has 0 aromatic heterocycles. The highest BCUT2D eigenvalue weighted by Gasteiger charge is 2.42. The highest BCUT2D eigenvalue weighted by atomic mass is 31.1. The van der Waals surface area contributed by atoms with E-state index in [1.165, 1.54) is 19.1 Å². The number of ether oxygens (including phenoxy) is 4. The number of aliphatic hydroxyl groups excluding tert-OH is 1. The number of aliphatic hydroxyl groups is 1. The second-order valence-corrected chi connectivity index (χ2v) is 11.5. The Balaban J connectivity index is 0.000000633. The van der Waals surface area contributed by atoms with Crippen LogP contribution in [0.4, 0.5) is 9.59 Å². The number of methoxy groups -OCH3 is 2. The van der Waals surface area contributed by atoms with Gasteiger partial charge in [0.15, 0.2) is 5.78 Å². The Kier molecular flexibility index (Phi) is 14.1. The van der Waals surface area contributed by atoms with Crippen LogP contribution in [0.3, 0.4) is 0 Å². The molecule has 2 amide bonds. The molecule has 0 saturated carbocycles. The first-order valence-corrected chi connectivity index (χ1v) is 13.8. The number of carbonyl (C=O) groups is 5. The quantitative estimate of drug-likeness (QED) is 0.308. The Morgan fingerprint density at radius 2 is 1.24 bits per heavy atom. The van der Waals surface area contributed by atoms with E-state index in [1.807, 2.05) is 0 Å². The van der Waals surface area contributed by atoms with Gasteiger partial charge in [-0.25, -0.2) is 19.2 Å². The highest BCUT2D eigenvalue weighted by molar-refractivity contribution is 7.35. The molecule has 2 aliphatic heterocycles. The molecule has 2 aliphatic rings. The Hall–Kier alpha value is -2.46. The van der Waals surface area contributed by atoms with Crippen molar-refractivity contribution in [3.63, 3.8) is 0 Å². The zero-order valence-corrected chi connectivity index (χ0v) is 24.6. The molecule has 2 heterocycles. The SMILES string of the molecule is COC(=O)[C@@H]1CC(=O)CN1C(=O)OC(C)(C)C.COC(=O)[C@@H]1C[C@@H](O)CN1C(=O)OC(C)(C)C.CPC. The van der Waals surface area contributed by atoms with Crippen LogP contribution in [-0.2, 0) is 33.3 Å². The molecular weight excluding hydrogens is 507 g/mol. The number of amides is 2. The van der Waals surface area contributed by atoms with Gasteiger partial charge in [0.2, 0.25) is 0 Å². The van der Waals surface area contributed by atoms with Crippen LogP contribution in [0.15, 0.2) is 0 Å². The van der Waals surface area contributed by atoms with Crippen LogP contribution < -0.4 is 0 Å². The van der Waals surface area contributed by atoms with Crippen molar-refractivity contribution >= 4 is 38.5 Å². The van der Waals surface area contributed by atoms with Crippen molar-refractivity contribution in [2.24, 2.45) is 0 Å². The van der Waals surface area contributed by atoms with Gasteiger partial charge in [0.05, 0.1) is 33.4 Å². The molecule has 2 fully saturated rings. The van der Waals surface area contributed by atoms with Crippen LogP contribution in [0, 0.1) is 0 Å². The number of carbonyl (C=O) groups excluding carboxylic acids is 5. The first-order valence-electron chi connectivity index (χ1n) is 11.8. The lowest BCUT2D eigenvalue weighted by atomic mass is 10.2. The molecule has 214 valence electrons. The van der Waals surface area contributed by atoms with Gasteiger partial charge < -0.3 is 24.1 Å². The average molecular weight is 551 g/mol. The number of β-amino-alcohol motifs (C(OH)–C–C–N with tert-alkyl or cyclic N) is 1. The Morgan fingerprint density at radius 1 is 0.838 bits per heavy atom. The second-order valence-electron chi connectivity index (χ2n) is 10.5. The zero-order valence-electron chi connectivity index (χ0n) is 23.6. The summed E-state index contributed by atoms with van der Waals surface area (Å²) in [7, 11) is 3.55. The lowest BCUT2D eigenvalue weighted by Crippen LogP contribution is -2.43. The summed E-state index contributed by atoms with van der Waals surface area (Å²) in [6.45, 7) is 14.7. The summed E-state index contributed by atoms with van der Waals surface area (Å²) in [4.78, 5) is 60.1. The van der Waals surface area contributed by atoms with Crippen molar-refractivity contribution in [1.29, 1.82) is 0 Å². The van der Waals surface area contributed by atoms with Gasteiger partial charge in [0.25, 0.3) is 0 Å². The second kappa shape index (κ2) is 15.1. The number of likely N-dealkylation sites (tertiary alicyclic amines) is 2. The van der Waals surface area contributed by atoms with Crippen molar-refractivity contribution in [2.75, 3.05) is 40.6 Å². The molecule has 1 N–H and O–H groups in total. The lowest BCUT2D eigenvalue weighted by molar-refractivity contribution is -0.146. The van der Waals surface area contributed by atoms with Gasteiger partial charge in [-0.05, 0) is 54.9 Å². The molecule has 0 aromatic rings. The maximum absolute atomic E-state index is 11.8. The molecule has 0 unspecified atom stereocenters. The van der Waals surface area contributed by atoms with E-state index in [-0.39, 0.29) is 31.7 Å². The van der Waals surface area contributed by atoms with Gasteiger partial charge in [-0.15, -0.1) is 8.58 Å². The van der Waals surface area contributed by atoms with E-state index in [9.17, 15) is 29.1 Å². The maximum atomic E-state index is 11.8. The standard InChI is InChI=1S/C11H19NO5.C11H17NO5.C2H7P/c2*1-11(2,3)17-10(15)12-6-7(13)5-8(12)9(14)16-4;1-3-2/h7-8,13H,5-6H2,1-4H3;8H,5-6H2,1-4H3;3H,1-2H3/t7-,8+;8-;/m10./s1. The molecule has 13 heteroatoms. The van der Waals surface area contributed by atoms with Crippen molar-refractivity contribution in [2.45, 2.75) is 83.8 Å². The van der Waals surface area contributed by atoms with Crippen LogP contribution in [0.1, 0.15) is 54.4 Å². The topological polar surface area (TPSA) is 149 Å². The normalized spacial score (nSPS) is 21.2. The Labute approximate surface area is 221 Å². The lowest BCUT2D eigenvalue weighted by Gasteiger charge is -2.27. The fraction of sp³-hybridized carbons (Fsp3) is 0.792. The molecule has 0 radical (unpaired) electrons. The number of nitrogens with zero attached hydrogens (tertiary/aromatic N) is 2. The van der Waals surface area contributed by atoms with E-state index in [0.717, 1.165) is 13.5 Å². The summed E-state index contributed by atoms with van der Waals surface area (Å²) in [6.07, 6.45) is -1.81. The summed E-state index contributed by atoms with van der Waals surface area (Å²) >= 11 is 0. The van der Waals surface area contributed by atoms with Crippen LogP contribution in [0.5, 0.6) is 0 Å². The first kappa shape index (κ1) is 34.5.